The third-order valence-electron chi connectivity index (χ3n) is 1.94. The second-order valence-electron chi connectivity index (χ2n) is 3.09. The number of hydrogen-bond donors (Lipinski definition) is 2. The number of benzene rings is 1. The van der Waals surface area contributed by atoms with Crippen molar-refractivity contribution in [3.8, 4) is 5.75 Å². The van der Waals surface area contributed by atoms with Crippen molar-refractivity contribution >= 4 is 12.0 Å². The number of methoxy groups -OCH3 is 1. The highest BCUT2D eigenvalue weighted by molar-refractivity contribution is 5.91. The molecule has 0 fully saturated rings. The van der Waals surface area contributed by atoms with Gasteiger partial charge in [-0.25, -0.2) is 5.84 Å². The Kier molecular flexibility index (Phi) is 3.88. The Morgan fingerprint density at radius 2 is 2.27 bits per heavy atom. The highest BCUT2D eigenvalue weighted by Gasteiger charge is 1.99. The number of carbonyl (C=O) groups is 1. The van der Waals surface area contributed by atoms with Crippen LogP contribution in [-0.2, 0) is 4.79 Å². The normalized spacial score (nSPS) is 10.3. The molecule has 4 heteroatoms. The lowest BCUT2D eigenvalue weighted by Gasteiger charge is -2.05. The molecular weight excluding hydrogens is 192 g/mol. The standard InChI is InChI=1S/C11H14N2O2/c1-8-3-5-10(15-2)9(7-8)4-6-11(14)13-12/h3-7H,12H2,1-2H3,(H,13,14)/b6-4+. The summed E-state index contributed by atoms with van der Waals surface area (Å²) in [4.78, 5) is 10.9. The molecule has 0 atom stereocenters. The molecule has 0 aliphatic heterocycles. The van der Waals surface area contributed by atoms with Gasteiger partial charge in [-0.3, -0.25) is 10.2 Å². The average Bonchev–Trinajstić information content (AvgIpc) is 2.26. The van der Waals surface area contributed by atoms with E-state index in [0.29, 0.717) is 0 Å². The second-order valence-corrected chi connectivity index (χ2v) is 3.09. The average molecular weight is 206 g/mol. The smallest absolute Gasteiger partial charge is 0.257 e. The van der Waals surface area contributed by atoms with E-state index in [9.17, 15) is 4.79 Å². The van der Waals surface area contributed by atoms with Crippen LogP contribution in [0, 0.1) is 6.92 Å². The molecule has 0 saturated carbocycles. The Hall–Kier alpha value is -1.81. The summed E-state index contributed by atoms with van der Waals surface area (Å²) in [6.07, 6.45) is 3.02. The van der Waals surface area contributed by atoms with Crippen LogP contribution in [0.25, 0.3) is 6.08 Å². The molecule has 0 radical (unpaired) electrons. The molecule has 15 heavy (non-hydrogen) atoms. The molecule has 0 bridgehead atoms. The Balaban J connectivity index is 2.96. The largest absolute Gasteiger partial charge is 0.496 e. The first kappa shape index (κ1) is 11.3. The van der Waals surface area contributed by atoms with E-state index >= 15 is 0 Å². The molecule has 1 aromatic carbocycles. The van der Waals surface area contributed by atoms with Crippen LogP contribution >= 0.6 is 0 Å². The van der Waals surface area contributed by atoms with Crippen molar-refractivity contribution in [1.29, 1.82) is 0 Å². The van der Waals surface area contributed by atoms with Gasteiger partial charge in [0, 0.05) is 11.6 Å². The monoisotopic (exact) mass is 206 g/mol. The fraction of sp³-hybridized carbons (Fsp3) is 0.182. The number of amides is 1. The molecular formula is C11H14N2O2. The Morgan fingerprint density at radius 3 is 2.87 bits per heavy atom. The molecule has 0 saturated heterocycles. The van der Waals surface area contributed by atoms with Crippen molar-refractivity contribution in [3.63, 3.8) is 0 Å². The Labute approximate surface area is 88.7 Å². The number of hydrogen-bond acceptors (Lipinski definition) is 3. The number of carbonyl (C=O) groups excluding carboxylic acids is 1. The maximum atomic E-state index is 10.9. The van der Waals surface area contributed by atoms with Gasteiger partial charge in [-0.1, -0.05) is 11.6 Å². The maximum Gasteiger partial charge on any atom is 0.257 e. The van der Waals surface area contributed by atoms with Crippen LogP contribution in [0.1, 0.15) is 11.1 Å². The van der Waals surface area contributed by atoms with Gasteiger partial charge in [-0.05, 0) is 25.1 Å². The Morgan fingerprint density at radius 1 is 1.53 bits per heavy atom. The minimum atomic E-state index is -0.349. The van der Waals surface area contributed by atoms with E-state index in [2.05, 4.69) is 0 Å². The highest BCUT2D eigenvalue weighted by Crippen LogP contribution is 2.20. The fourth-order valence-electron chi connectivity index (χ4n) is 1.20. The molecule has 0 aliphatic rings. The maximum absolute atomic E-state index is 10.9. The number of nitrogens with two attached hydrogens (primary N) is 1. The summed E-state index contributed by atoms with van der Waals surface area (Å²) in [6.45, 7) is 1.97. The number of hydrazine groups is 1. The second kappa shape index (κ2) is 5.17. The third-order valence-corrected chi connectivity index (χ3v) is 1.94. The summed E-state index contributed by atoms with van der Waals surface area (Å²) in [5.41, 5.74) is 3.97. The van der Waals surface area contributed by atoms with Gasteiger partial charge in [0.05, 0.1) is 7.11 Å². The predicted molar refractivity (Wildman–Crippen MR) is 59.1 cm³/mol. The van der Waals surface area contributed by atoms with E-state index in [1.54, 1.807) is 13.2 Å². The molecule has 0 aromatic heterocycles. The van der Waals surface area contributed by atoms with Crippen LogP contribution in [0.5, 0.6) is 5.75 Å². The van der Waals surface area contributed by atoms with Gasteiger partial charge in [-0.2, -0.15) is 0 Å². The molecule has 1 aromatic rings. The SMILES string of the molecule is COc1ccc(C)cc1/C=C/C(=O)NN. The topological polar surface area (TPSA) is 64.3 Å². The zero-order valence-electron chi connectivity index (χ0n) is 8.78. The molecule has 4 nitrogen and oxygen atoms in total. The van der Waals surface area contributed by atoms with E-state index in [-0.39, 0.29) is 5.91 Å². The number of aryl methyl sites for hydroxylation is 1. The number of nitrogens with one attached hydrogen (secondary N) is 1. The highest BCUT2D eigenvalue weighted by atomic mass is 16.5. The van der Waals surface area contributed by atoms with Crippen molar-refractivity contribution in [1.82, 2.24) is 5.43 Å². The number of ether oxygens (including phenoxy) is 1. The Bertz CT molecular complexity index is 386. The molecule has 0 spiro atoms. The van der Waals surface area contributed by atoms with Crippen molar-refractivity contribution in [2.45, 2.75) is 6.92 Å². The van der Waals surface area contributed by atoms with Crippen LogP contribution in [0.4, 0.5) is 0 Å². The van der Waals surface area contributed by atoms with Gasteiger partial charge < -0.3 is 4.74 Å². The zero-order valence-corrected chi connectivity index (χ0v) is 8.78. The van der Waals surface area contributed by atoms with Crippen LogP contribution in [-0.4, -0.2) is 13.0 Å². The quantitative estimate of drug-likeness (QED) is 0.336. The van der Waals surface area contributed by atoms with Crippen molar-refractivity contribution in [3.05, 3.63) is 35.4 Å². The van der Waals surface area contributed by atoms with Gasteiger partial charge in [0.15, 0.2) is 0 Å². The van der Waals surface area contributed by atoms with Crippen molar-refractivity contribution < 1.29 is 9.53 Å². The minimum absolute atomic E-state index is 0.349. The van der Waals surface area contributed by atoms with E-state index < -0.39 is 0 Å². The summed E-state index contributed by atoms with van der Waals surface area (Å²) in [7, 11) is 1.59. The zero-order chi connectivity index (χ0) is 11.3. The summed E-state index contributed by atoms with van der Waals surface area (Å²) >= 11 is 0. The van der Waals surface area contributed by atoms with Gasteiger partial charge in [-0.15, -0.1) is 0 Å². The van der Waals surface area contributed by atoms with E-state index in [4.69, 9.17) is 10.6 Å². The van der Waals surface area contributed by atoms with Gasteiger partial charge in [0.2, 0.25) is 0 Å². The summed E-state index contributed by atoms with van der Waals surface area (Å²) in [5.74, 6) is 5.33. The molecule has 0 heterocycles. The summed E-state index contributed by atoms with van der Waals surface area (Å²) in [6, 6.07) is 5.73. The first-order valence-corrected chi connectivity index (χ1v) is 4.50. The first-order chi connectivity index (χ1) is 7.17. The minimum Gasteiger partial charge on any atom is -0.496 e. The van der Waals surface area contributed by atoms with Gasteiger partial charge in [0.25, 0.3) is 5.91 Å². The number of rotatable bonds is 3. The summed E-state index contributed by atoms with van der Waals surface area (Å²) in [5, 5.41) is 0. The molecule has 3 N–H and O–H groups in total. The first-order valence-electron chi connectivity index (χ1n) is 4.50. The van der Waals surface area contributed by atoms with Crippen LogP contribution in [0.3, 0.4) is 0 Å². The fourth-order valence-corrected chi connectivity index (χ4v) is 1.20. The molecule has 1 rings (SSSR count). The lowest BCUT2D eigenvalue weighted by Crippen LogP contribution is -2.27. The summed E-state index contributed by atoms with van der Waals surface area (Å²) < 4.78 is 5.15. The third kappa shape index (κ3) is 3.11. The van der Waals surface area contributed by atoms with Crippen LogP contribution in [0.15, 0.2) is 24.3 Å². The molecule has 0 unspecified atom stereocenters. The van der Waals surface area contributed by atoms with Crippen LogP contribution < -0.4 is 16.0 Å². The van der Waals surface area contributed by atoms with E-state index in [1.807, 2.05) is 30.5 Å². The lowest BCUT2D eigenvalue weighted by molar-refractivity contribution is -0.116. The van der Waals surface area contributed by atoms with Crippen molar-refractivity contribution in [2.75, 3.05) is 7.11 Å². The molecule has 0 aliphatic carbocycles. The predicted octanol–water partition coefficient (Wildman–Crippen LogP) is 1.01. The van der Waals surface area contributed by atoms with Crippen molar-refractivity contribution in [2.24, 2.45) is 5.84 Å². The molecule has 80 valence electrons. The lowest BCUT2D eigenvalue weighted by atomic mass is 10.1. The van der Waals surface area contributed by atoms with Gasteiger partial charge >= 0.3 is 0 Å². The van der Waals surface area contributed by atoms with Gasteiger partial charge in [0.1, 0.15) is 5.75 Å². The van der Waals surface area contributed by atoms with E-state index in [0.717, 1.165) is 16.9 Å². The molecule has 1 amide bonds. The van der Waals surface area contributed by atoms with E-state index in [1.165, 1.54) is 6.08 Å². The van der Waals surface area contributed by atoms with Crippen LogP contribution in [0.2, 0.25) is 0 Å².